The van der Waals surface area contributed by atoms with Crippen LogP contribution in [-0.4, -0.2) is 16.4 Å². The Hall–Kier alpha value is -1.52. The van der Waals surface area contributed by atoms with Crippen molar-refractivity contribution >= 4 is 12.2 Å². The summed E-state index contributed by atoms with van der Waals surface area (Å²) in [4.78, 5) is 24.7. The molecule has 0 spiro atoms. The highest BCUT2D eigenvalue weighted by molar-refractivity contribution is 5.67. The van der Waals surface area contributed by atoms with Crippen molar-refractivity contribution in [3.8, 4) is 0 Å². The minimum absolute atomic E-state index is 0.334. The Morgan fingerprint density at radius 3 is 2.89 bits per heavy atom. The van der Waals surface area contributed by atoms with Crippen molar-refractivity contribution in [1.29, 1.82) is 0 Å². The summed E-state index contributed by atoms with van der Waals surface area (Å²) in [5.41, 5.74) is -0.334. The zero-order chi connectivity index (χ0) is 6.69. The van der Waals surface area contributed by atoms with Crippen molar-refractivity contribution in [1.82, 2.24) is 9.97 Å². The Morgan fingerprint density at radius 2 is 2.44 bits per heavy atom. The van der Waals surface area contributed by atoms with Gasteiger partial charge in [0.25, 0.3) is 0 Å². The molecule has 9 heavy (non-hydrogen) atoms. The van der Waals surface area contributed by atoms with Crippen LogP contribution in [0.5, 0.6) is 0 Å². The summed E-state index contributed by atoms with van der Waals surface area (Å²) in [6.45, 7) is 0. The predicted octanol–water partition coefficient (Wildman–Crippen LogP) is -0.729. The van der Waals surface area contributed by atoms with Gasteiger partial charge in [-0.1, -0.05) is 0 Å². The fourth-order valence-corrected chi connectivity index (χ4v) is 0.473. The molecule has 1 aromatic rings. The zero-order valence-electron chi connectivity index (χ0n) is 4.47. The van der Waals surface area contributed by atoms with Gasteiger partial charge in [-0.25, -0.2) is 4.79 Å². The summed E-state index contributed by atoms with van der Waals surface area (Å²) in [6.07, 6.45) is 1.86. The summed E-state index contributed by atoms with van der Waals surface area (Å²) in [7, 11) is 0. The van der Waals surface area contributed by atoms with Crippen LogP contribution in [0.25, 0.3) is 0 Å². The second-order valence-corrected chi connectivity index (χ2v) is 1.42. The molecule has 5 heteroatoms. The Kier molecular flexibility index (Phi) is 1.35. The number of hydrogen-bond acceptors (Lipinski definition) is 2. The highest BCUT2D eigenvalue weighted by Gasteiger charge is 1.88. The smallest absolute Gasteiger partial charge is 0.314 e. The third-order valence-electron chi connectivity index (χ3n) is 0.810. The van der Waals surface area contributed by atoms with E-state index in [-0.39, 0.29) is 5.69 Å². The number of hydrogen-bond donors (Lipinski definition) is 3. The fourth-order valence-electron chi connectivity index (χ4n) is 0.473. The van der Waals surface area contributed by atoms with Crippen LogP contribution in [0.3, 0.4) is 0 Å². The Labute approximate surface area is 50.1 Å². The number of rotatable bonds is 2. The van der Waals surface area contributed by atoms with Crippen LogP contribution in [0.4, 0.5) is 5.82 Å². The Morgan fingerprint density at radius 1 is 1.67 bits per heavy atom. The first kappa shape index (κ1) is 5.61. The molecule has 0 aliphatic carbocycles. The van der Waals surface area contributed by atoms with Gasteiger partial charge in [0.15, 0.2) is 0 Å². The molecule has 48 valence electrons. The number of anilines is 1. The maximum Gasteiger partial charge on any atom is 0.324 e. The van der Waals surface area contributed by atoms with Gasteiger partial charge in [-0.15, -0.1) is 0 Å². The SMILES string of the molecule is O=CNc1c[nH]c(=O)[nH]1. The first-order chi connectivity index (χ1) is 4.33. The average molecular weight is 127 g/mol. The lowest BCUT2D eigenvalue weighted by Gasteiger charge is -1.84. The highest BCUT2D eigenvalue weighted by Crippen LogP contribution is 1.89. The van der Waals surface area contributed by atoms with E-state index in [2.05, 4.69) is 15.3 Å². The predicted molar refractivity (Wildman–Crippen MR) is 31.1 cm³/mol. The van der Waals surface area contributed by atoms with Gasteiger partial charge in [-0.3, -0.25) is 9.78 Å². The monoisotopic (exact) mass is 127 g/mol. The van der Waals surface area contributed by atoms with Gasteiger partial charge in [0, 0.05) is 6.20 Å². The minimum atomic E-state index is -0.334. The molecule has 0 aliphatic rings. The molecule has 1 amide bonds. The average Bonchev–Trinajstić information content (AvgIpc) is 2.17. The van der Waals surface area contributed by atoms with Crippen LogP contribution >= 0.6 is 0 Å². The molecule has 0 atom stereocenters. The maximum atomic E-state index is 10.3. The number of carbonyl (C=O) groups excluding carboxylic acids is 1. The lowest BCUT2D eigenvalue weighted by Crippen LogP contribution is -2.01. The van der Waals surface area contributed by atoms with E-state index in [0.29, 0.717) is 12.2 Å². The normalized spacial score (nSPS) is 8.89. The van der Waals surface area contributed by atoms with E-state index in [4.69, 9.17) is 0 Å². The lowest BCUT2D eigenvalue weighted by molar-refractivity contribution is -0.105. The molecule has 0 bridgehead atoms. The van der Waals surface area contributed by atoms with E-state index in [9.17, 15) is 9.59 Å². The Balaban J connectivity index is 2.84. The second kappa shape index (κ2) is 2.17. The standard InChI is InChI=1S/C4H5N3O2/c8-2-6-3-1-5-4(9)7-3/h1-2H,(H,6,8)(H2,5,7,9). The Bertz CT molecular complexity index is 248. The van der Waals surface area contributed by atoms with Crippen LogP contribution in [0.1, 0.15) is 0 Å². The lowest BCUT2D eigenvalue weighted by atomic mass is 10.8. The van der Waals surface area contributed by atoms with Crippen LogP contribution in [0, 0.1) is 0 Å². The molecule has 1 heterocycles. The largest absolute Gasteiger partial charge is 0.324 e. The number of nitrogens with one attached hydrogen (secondary N) is 3. The van der Waals surface area contributed by atoms with Gasteiger partial charge in [-0.2, -0.15) is 0 Å². The summed E-state index contributed by atoms with van der Waals surface area (Å²) in [5.74, 6) is 0.370. The molecule has 1 rings (SSSR count). The summed E-state index contributed by atoms with van der Waals surface area (Å²) in [5, 5.41) is 2.26. The third kappa shape index (κ3) is 1.18. The quantitative estimate of drug-likeness (QED) is 0.458. The van der Waals surface area contributed by atoms with Crippen molar-refractivity contribution in [2.75, 3.05) is 5.32 Å². The van der Waals surface area contributed by atoms with Crippen molar-refractivity contribution in [2.45, 2.75) is 0 Å². The van der Waals surface area contributed by atoms with E-state index in [1.165, 1.54) is 6.20 Å². The topological polar surface area (TPSA) is 77.8 Å². The van der Waals surface area contributed by atoms with Crippen molar-refractivity contribution in [3.63, 3.8) is 0 Å². The molecular weight excluding hydrogens is 122 g/mol. The van der Waals surface area contributed by atoms with Crippen LogP contribution in [-0.2, 0) is 4.79 Å². The first-order valence-electron chi connectivity index (χ1n) is 2.31. The molecule has 5 nitrogen and oxygen atoms in total. The van der Waals surface area contributed by atoms with Crippen LogP contribution in [0.15, 0.2) is 11.0 Å². The van der Waals surface area contributed by atoms with Gasteiger partial charge in [-0.05, 0) is 0 Å². The van der Waals surface area contributed by atoms with Crippen molar-refractivity contribution < 1.29 is 4.79 Å². The van der Waals surface area contributed by atoms with E-state index in [0.717, 1.165) is 0 Å². The van der Waals surface area contributed by atoms with E-state index in [1.54, 1.807) is 0 Å². The first-order valence-corrected chi connectivity index (χ1v) is 2.31. The van der Waals surface area contributed by atoms with Crippen molar-refractivity contribution in [3.05, 3.63) is 16.7 Å². The van der Waals surface area contributed by atoms with Crippen molar-refractivity contribution in [2.24, 2.45) is 0 Å². The van der Waals surface area contributed by atoms with Crippen LogP contribution in [0.2, 0.25) is 0 Å². The van der Waals surface area contributed by atoms with E-state index < -0.39 is 0 Å². The number of aromatic nitrogens is 2. The van der Waals surface area contributed by atoms with E-state index in [1.807, 2.05) is 0 Å². The van der Waals surface area contributed by atoms with E-state index >= 15 is 0 Å². The van der Waals surface area contributed by atoms with Gasteiger partial charge < -0.3 is 10.3 Å². The van der Waals surface area contributed by atoms with Gasteiger partial charge >= 0.3 is 5.69 Å². The molecule has 0 radical (unpaired) electrons. The van der Waals surface area contributed by atoms with Gasteiger partial charge in [0.05, 0.1) is 0 Å². The molecule has 0 aliphatic heterocycles. The number of imidazole rings is 1. The van der Waals surface area contributed by atoms with Crippen LogP contribution < -0.4 is 11.0 Å². The third-order valence-corrected chi connectivity index (χ3v) is 0.810. The number of carbonyl (C=O) groups is 1. The maximum absolute atomic E-state index is 10.3. The molecule has 3 N–H and O–H groups in total. The summed E-state index contributed by atoms with van der Waals surface area (Å²) < 4.78 is 0. The summed E-state index contributed by atoms with van der Waals surface area (Å²) >= 11 is 0. The number of aromatic amines is 2. The molecule has 0 aromatic carbocycles. The molecule has 0 saturated carbocycles. The second-order valence-electron chi connectivity index (χ2n) is 1.42. The summed E-state index contributed by atoms with van der Waals surface area (Å²) in [6, 6.07) is 0. The molecule has 0 saturated heterocycles. The number of amides is 1. The molecule has 0 unspecified atom stereocenters. The number of H-pyrrole nitrogens is 2. The molecule has 1 aromatic heterocycles. The zero-order valence-corrected chi connectivity index (χ0v) is 4.47. The fraction of sp³-hybridized carbons (Fsp3) is 0. The minimum Gasteiger partial charge on any atom is -0.314 e. The molecule has 0 fully saturated rings. The highest BCUT2D eigenvalue weighted by atomic mass is 16.1. The van der Waals surface area contributed by atoms with Gasteiger partial charge in [0.1, 0.15) is 5.82 Å². The molecular formula is C4H5N3O2. The van der Waals surface area contributed by atoms with Gasteiger partial charge in [0.2, 0.25) is 6.41 Å².